The van der Waals surface area contributed by atoms with E-state index in [1.54, 1.807) is 18.2 Å². The molecule has 0 unspecified atom stereocenters. The van der Waals surface area contributed by atoms with E-state index in [-0.39, 0.29) is 33.7 Å². The number of hydrogen-bond acceptors (Lipinski definition) is 5. The van der Waals surface area contributed by atoms with E-state index in [0.717, 1.165) is 6.07 Å². The van der Waals surface area contributed by atoms with Crippen LogP contribution in [-0.2, 0) is 12.7 Å². The first kappa shape index (κ1) is 27.7. The van der Waals surface area contributed by atoms with Crippen molar-refractivity contribution in [2.75, 3.05) is 12.4 Å². The van der Waals surface area contributed by atoms with Gasteiger partial charge in [0.15, 0.2) is 22.9 Å². The van der Waals surface area contributed by atoms with Gasteiger partial charge in [-0.15, -0.1) is 0 Å². The highest BCUT2D eigenvalue weighted by atomic mass is 35.5. The quantitative estimate of drug-likeness (QED) is 0.208. The van der Waals surface area contributed by atoms with E-state index in [1.165, 1.54) is 42.3 Å². The van der Waals surface area contributed by atoms with E-state index in [9.17, 15) is 22.4 Å². The van der Waals surface area contributed by atoms with E-state index in [2.05, 4.69) is 20.5 Å². The molecule has 3 heterocycles. The summed E-state index contributed by atoms with van der Waals surface area (Å²) in [5.74, 6) is -1.32. The molecule has 0 bridgehead atoms. The van der Waals surface area contributed by atoms with Crippen LogP contribution < -0.4 is 10.1 Å². The Labute approximate surface area is 238 Å². The monoisotopic (exact) mass is 612 g/mol. The molecular weight excluding hydrogens is 599 g/mol. The Kier molecular flexibility index (Phi) is 7.34. The van der Waals surface area contributed by atoms with Crippen LogP contribution in [-0.4, -0.2) is 37.4 Å². The smallest absolute Gasteiger partial charge is 0.433 e. The maximum Gasteiger partial charge on any atom is 0.433 e. The first-order valence-electron chi connectivity index (χ1n) is 11.2. The van der Waals surface area contributed by atoms with Gasteiger partial charge in [0.2, 0.25) is 0 Å². The molecule has 3 aromatic heterocycles. The Morgan fingerprint density at radius 2 is 1.80 bits per heavy atom. The minimum Gasteiger partial charge on any atom is -0.497 e. The fourth-order valence-electron chi connectivity index (χ4n) is 3.84. The molecule has 0 aliphatic rings. The topological polar surface area (TPSA) is 86.3 Å². The molecule has 0 spiro atoms. The summed E-state index contributed by atoms with van der Waals surface area (Å²) in [6.07, 6.45) is -3.55. The van der Waals surface area contributed by atoms with Crippen molar-refractivity contribution in [2.24, 2.45) is 0 Å². The Morgan fingerprint density at radius 1 is 1.05 bits per heavy atom. The number of rotatable bonds is 6. The van der Waals surface area contributed by atoms with E-state index in [4.69, 9.17) is 39.5 Å². The molecule has 2 aromatic carbocycles. The summed E-state index contributed by atoms with van der Waals surface area (Å²) >= 11 is 18.6. The van der Waals surface area contributed by atoms with Crippen LogP contribution in [0, 0.1) is 5.82 Å². The number of fused-ring (bicyclic) bond motifs is 1. The second kappa shape index (κ2) is 10.6. The predicted molar refractivity (Wildman–Crippen MR) is 141 cm³/mol. The summed E-state index contributed by atoms with van der Waals surface area (Å²) in [5, 5.41) is 9.97. The zero-order valence-corrected chi connectivity index (χ0v) is 22.4. The SMILES string of the molecule is COc1cccc(-c2cc(C(F)(F)F)n3nc(C(=O)Nc4nn(Cc5c(F)cccc5Cl)cc4Cl)c(Cl)c3n2)c1. The Bertz CT molecular complexity index is 1750. The van der Waals surface area contributed by atoms with Crippen LogP contribution in [0.2, 0.25) is 15.1 Å². The molecule has 15 heteroatoms. The first-order valence-corrected chi connectivity index (χ1v) is 12.4. The van der Waals surface area contributed by atoms with Crippen molar-refractivity contribution in [2.45, 2.75) is 12.7 Å². The van der Waals surface area contributed by atoms with Crippen LogP contribution in [0.3, 0.4) is 0 Å². The van der Waals surface area contributed by atoms with Crippen LogP contribution in [0.15, 0.2) is 54.7 Å². The number of nitrogens with one attached hydrogen (secondary N) is 1. The number of carbonyl (C=O) groups is 1. The molecule has 0 aliphatic carbocycles. The summed E-state index contributed by atoms with van der Waals surface area (Å²) in [4.78, 5) is 17.3. The van der Waals surface area contributed by atoms with Gasteiger partial charge in [-0.05, 0) is 30.3 Å². The Morgan fingerprint density at radius 3 is 2.50 bits per heavy atom. The number of carbonyl (C=O) groups excluding carboxylic acids is 1. The van der Waals surface area contributed by atoms with Crippen molar-refractivity contribution in [1.29, 1.82) is 0 Å². The molecule has 0 fully saturated rings. The molecule has 0 radical (unpaired) electrons. The first-order chi connectivity index (χ1) is 19.0. The second-order valence-electron chi connectivity index (χ2n) is 8.33. The largest absolute Gasteiger partial charge is 0.497 e. The lowest BCUT2D eigenvalue weighted by atomic mass is 10.1. The van der Waals surface area contributed by atoms with Crippen molar-refractivity contribution >= 4 is 52.2 Å². The van der Waals surface area contributed by atoms with E-state index in [0.29, 0.717) is 15.8 Å². The highest BCUT2D eigenvalue weighted by Crippen LogP contribution is 2.35. The summed E-state index contributed by atoms with van der Waals surface area (Å²) < 4.78 is 63.0. The summed E-state index contributed by atoms with van der Waals surface area (Å²) in [6.45, 7) is -0.109. The van der Waals surface area contributed by atoms with Crippen LogP contribution in [0.5, 0.6) is 5.75 Å². The Balaban J connectivity index is 1.50. The molecular formula is C25H15Cl3F4N6O2. The predicted octanol–water partition coefficient (Wildman–Crippen LogP) is 7.02. The van der Waals surface area contributed by atoms with Crippen LogP contribution >= 0.6 is 34.8 Å². The van der Waals surface area contributed by atoms with Crippen molar-refractivity contribution < 1.29 is 27.1 Å². The number of aromatic nitrogens is 5. The lowest BCUT2D eigenvalue weighted by molar-refractivity contribution is -0.142. The highest BCUT2D eigenvalue weighted by molar-refractivity contribution is 6.37. The van der Waals surface area contributed by atoms with Gasteiger partial charge in [-0.1, -0.05) is 53.0 Å². The zero-order chi connectivity index (χ0) is 28.8. The standard InChI is InChI=1S/C25H15Cl3F4N6O2/c1-40-13-5-2-4-12(8-13)18-9-19(25(30,31)32)38-23(33-18)20(28)21(35-38)24(39)34-22-16(27)11-37(36-22)10-14-15(26)6-3-7-17(14)29/h2-9,11H,10H2,1H3,(H,34,36,39). The number of ether oxygens (including phenoxy) is 1. The second-order valence-corrected chi connectivity index (χ2v) is 9.52. The third-order valence-corrected chi connectivity index (χ3v) is 6.71. The molecule has 1 N–H and O–H groups in total. The molecule has 0 saturated carbocycles. The minimum absolute atomic E-state index is 0.0323. The molecule has 5 rings (SSSR count). The molecule has 5 aromatic rings. The average molecular weight is 614 g/mol. The van der Waals surface area contributed by atoms with Crippen molar-refractivity contribution in [3.8, 4) is 17.0 Å². The molecule has 206 valence electrons. The zero-order valence-electron chi connectivity index (χ0n) is 20.1. The maximum absolute atomic E-state index is 14.2. The van der Waals surface area contributed by atoms with Gasteiger partial charge >= 0.3 is 6.18 Å². The van der Waals surface area contributed by atoms with E-state index >= 15 is 0 Å². The molecule has 1 amide bonds. The van der Waals surface area contributed by atoms with Gasteiger partial charge in [0.25, 0.3) is 5.91 Å². The molecule has 8 nitrogen and oxygen atoms in total. The Hall–Kier alpha value is -3.87. The molecule has 40 heavy (non-hydrogen) atoms. The molecule has 0 atom stereocenters. The summed E-state index contributed by atoms with van der Waals surface area (Å²) in [5.41, 5.74) is -1.76. The van der Waals surface area contributed by atoms with E-state index in [1.807, 2.05) is 0 Å². The number of halogens is 7. The lowest BCUT2D eigenvalue weighted by Gasteiger charge is -2.11. The normalized spacial score (nSPS) is 11.7. The van der Waals surface area contributed by atoms with Gasteiger partial charge < -0.3 is 10.1 Å². The third kappa shape index (κ3) is 5.29. The van der Waals surface area contributed by atoms with Gasteiger partial charge in [-0.3, -0.25) is 9.48 Å². The van der Waals surface area contributed by atoms with Gasteiger partial charge in [-0.2, -0.15) is 23.4 Å². The van der Waals surface area contributed by atoms with Gasteiger partial charge in [0.1, 0.15) is 21.6 Å². The van der Waals surface area contributed by atoms with E-state index < -0.39 is 40.0 Å². The fourth-order valence-corrected chi connectivity index (χ4v) is 4.51. The number of amides is 1. The van der Waals surface area contributed by atoms with Gasteiger partial charge in [-0.25, -0.2) is 13.9 Å². The maximum atomic E-state index is 14.2. The van der Waals surface area contributed by atoms with Crippen LogP contribution in [0.25, 0.3) is 16.9 Å². The van der Waals surface area contributed by atoms with Gasteiger partial charge in [0.05, 0.1) is 19.3 Å². The van der Waals surface area contributed by atoms with Crippen molar-refractivity contribution in [1.82, 2.24) is 24.4 Å². The highest BCUT2D eigenvalue weighted by Gasteiger charge is 2.37. The number of nitrogens with zero attached hydrogens (tertiary/aromatic N) is 5. The number of hydrogen-bond donors (Lipinski definition) is 1. The van der Waals surface area contributed by atoms with Gasteiger partial charge in [0, 0.05) is 22.3 Å². The molecule has 0 saturated heterocycles. The number of methoxy groups -OCH3 is 1. The fraction of sp³-hybridized carbons (Fsp3) is 0.120. The third-order valence-electron chi connectivity index (χ3n) is 5.73. The molecule has 0 aliphatic heterocycles. The minimum atomic E-state index is -4.87. The van der Waals surface area contributed by atoms with Crippen molar-refractivity contribution in [3.05, 3.63) is 92.6 Å². The lowest BCUT2D eigenvalue weighted by Crippen LogP contribution is -2.16. The average Bonchev–Trinajstić information content (AvgIpc) is 3.43. The van der Waals surface area contributed by atoms with Crippen molar-refractivity contribution in [3.63, 3.8) is 0 Å². The summed E-state index contributed by atoms with van der Waals surface area (Å²) in [6, 6.07) is 11.2. The summed E-state index contributed by atoms with van der Waals surface area (Å²) in [7, 11) is 1.42. The van der Waals surface area contributed by atoms with Crippen LogP contribution in [0.1, 0.15) is 21.7 Å². The number of anilines is 1. The number of alkyl halides is 3. The van der Waals surface area contributed by atoms with Crippen LogP contribution in [0.4, 0.5) is 23.4 Å². The number of benzene rings is 2.